The molecule has 7 nitrogen and oxygen atoms in total. The van der Waals surface area contributed by atoms with Gasteiger partial charge < -0.3 is 16.4 Å². The predicted octanol–water partition coefficient (Wildman–Crippen LogP) is 0.623. The van der Waals surface area contributed by atoms with E-state index in [2.05, 4.69) is 20.2 Å². The smallest absolute Gasteiger partial charge is 0.222 e. The van der Waals surface area contributed by atoms with Crippen molar-refractivity contribution in [2.75, 3.05) is 17.7 Å². The SMILES string of the molecule is CN(Cc1ccn[nH]1)c1cc(C2CC(N)C2)nc(N)n1. The highest BCUT2D eigenvalue weighted by molar-refractivity contribution is 5.44. The zero-order valence-electron chi connectivity index (χ0n) is 11.5. The van der Waals surface area contributed by atoms with Crippen LogP contribution in [0.15, 0.2) is 18.3 Å². The standard InChI is InChI=1S/C13H19N7/c1-20(7-10-2-3-16-19-10)12-6-11(17-13(15)18-12)8-4-9(14)5-8/h2-3,6,8-9H,4-5,7,14H2,1H3,(H,16,19)(H2,15,17,18). The van der Waals surface area contributed by atoms with Crippen molar-refractivity contribution in [2.45, 2.75) is 31.3 Å². The molecule has 0 atom stereocenters. The van der Waals surface area contributed by atoms with Crippen LogP contribution in [0, 0.1) is 0 Å². The second-order valence-electron chi connectivity index (χ2n) is 5.38. The van der Waals surface area contributed by atoms with Crippen molar-refractivity contribution in [3.8, 4) is 0 Å². The van der Waals surface area contributed by atoms with Crippen LogP contribution in [0.5, 0.6) is 0 Å². The normalized spacial score (nSPS) is 21.5. The molecule has 0 spiro atoms. The molecule has 0 saturated heterocycles. The van der Waals surface area contributed by atoms with E-state index >= 15 is 0 Å². The predicted molar refractivity (Wildman–Crippen MR) is 77.1 cm³/mol. The zero-order chi connectivity index (χ0) is 14.1. The Morgan fingerprint density at radius 2 is 2.20 bits per heavy atom. The van der Waals surface area contributed by atoms with E-state index in [0.717, 1.165) is 30.0 Å². The first-order chi connectivity index (χ1) is 9.61. The molecule has 7 heteroatoms. The van der Waals surface area contributed by atoms with Crippen molar-refractivity contribution in [1.82, 2.24) is 20.2 Å². The molecule has 1 aliphatic rings. The van der Waals surface area contributed by atoms with Crippen molar-refractivity contribution in [2.24, 2.45) is 5.73 Å². The van der Waals surface area contributed by atoms with E-state index < -0.39 is 0 Å². The van der Waals surface area contributed by atoms with Crippen molar-refractivity contribution in [3.63, 3.8) is 0 Å². The molecule has 1 fully saturated rings. The first kappa shape index (κ1) is 12.9. The Labute approximate surface area is 117 Å². The Morgan fingerprint density at radius 1 is 1.40 bits per heavy atom. The Morgan fingerprint density at radius 3 is 2.85 bits per heavy atom. The molecule has 2 aromatic rings. The highest BCUT2D eigenvalue weighted by atomic mass is 15.2. The summed E-state index contributed by atoms with van der Waals surface area (Å²) in [6.07, 6.45) is 3.68. The van der Waals surface area contributed by atoms with E-state index in [1.54, 1.807) is 6.20 Å². The lowest BCUT2D eigenvalue weighted by Crippen LogP contribution is -2.35. The second-order valence-corrected chi connectivity index (χ2v) is 5.38. The van der Waals surface area contributed by atoms with Crippen molar-refractivity contribution in [3.05, 3.63) is 29.7 Å². The Bertz CT molecular complexity index is 574. The lowest BCUT2D eigenvalue weighted by atomic mass is 9.78. The van der Waals surface area contributed by atoms with E-state index in [-0.39, 0.29) is 0 Å². The summed E-state index contributed by atoms with van der Waals surface area (Å²) in [6, 6.07) is 4.23. The molecule has 106 valence electrons. The Kier molecular flexibility index (Phi) is 3.27. The number of H-pyrrole nitrogens is 1. The molecule has 0 unspecified atom stereocenters. The van der Waals surface area contributed by atoms with Crippen molar-refractivity contribution < 1.29 is 0 Å². The lowest BCUT2D eigenvalue weighted by molar-refractivity contribution is 0.345. The van der Waals surface area contributed by atoms with Crippen LogP contribution in [0.1, 0.15) is 30.1 Å². The largest absolute Gasteiger partial charge is 0.368 e. The van der Waals surface area contributed by atoms with Gasteiger partial charge in [-0.05, 0) is 18.9 Å². The summed E-state index contributed by atoms with van der Waals surface area (Å²) in [5, 5.41) is 6.88. The molecule has 1 saturated carbocycles. The minimum atomic E-state index is 0.294. The minimum absolute atomic E-state index is 0.294. The second kappa shape index (κ2) is 5.09. The van der Waals surface area contributed by atoms with Crippen LogP contribution < -0.4 is 16.4 Å². The van der Waals surface area contributed by atoms with Gasteiger partial charge in [-0.3, -0.25) is 5.10 Å². The molecule has 0 aliphatic heterocycles. The Balaban J connectivity index is 1.78. The maximum Gasteiger partial charge on any atom is 0.222 e. The van der Waals surface area contributed by atoms with Gasteiger partial charge in [-0.25, -0.2) is 4.98 Å². The Hall–Kier alpha value is -2.15. The highest BCUT2D eigenvalue weighted by Gasteiger charge is 2.29. The van der Waals surface area contributed by atoms with E-state index in [1.807, 2.05) is 24.1 Å². The molecule has 0 radical (unpaired) electrons. The number of aromatic amines is 1. The number of nitrogens with zero attached hydrogens (tertiary/aromatic N) is 4. The topological polar surface area (TPSA) is 110 Å². The average molecular weight is 273 g/mol. The van der Waals surface area contributed by atoms with Gasteiger partial charge in [-0.1, -0.05) is 0 Å². The average Bonchev–Trinajstić information content (AvgIpc) is 2.87. The molecule has 2 heterocycles. The third-order valence-corrected chi connectivity index (χ3v) is 3.70. The summed E-state index contributed by atoms with van der Waals surface area (Å²) in [4.78, 5) is 10.7. The molecular formula is C13H19N7. The summed E-state index contributed by atoms with van der Waals surface area (Å²) in [7, 11) is 1.97. The number of rotatable bonds is 4. The fraction of sp³-hybridized carbons (Fsp3) is 0.462. The highest BCUT2D eigenvalue weighted by Crippen LogP contribution is 2.35. The quantitative estimate of drug-likeness (QED) is 0.753. The summed E-state index contributed by atoms with van der Waals surface area (Å²) >= 11 is 0. The third-order valence-electron chi connectivity index (χ3n) is 3.70. The van der Waals surface area contributed by atoms with Crippen LogP contribution in [-0.2, 0) is 6.54 Å². The van der Waals surface area contributed by atoms with E-state index in [1.165, 1.54) is 0 Å². The zero-order valence-corrected chi connectivity index (χ0v) is 11.5. The molecule has 3 rings (SSSR count). The summed E-state index contributed by atoms with van der Waals surface area (Å²) in [5.41, 5.74) is 13.7. The summed E-state index contributed by atoms with van der Waals surface area (Å²) in [6.45, 7) is 0.695. The molecule has 2 aromatic heterocycles. The van der Waals surface area contributed by atoms with Crippen LogP contribution in [0.3, 0.4) is 0 Å². The van der Waals surface area contributed by atoms with Crippen molar-refractivity contribution >= 4 is 11.8 Å². The van der Waals surface area contributed by atoms with Crippen LogP contribution in [0.4, 0.5) is 11.8 Å². The van der Waals surface area contributed by atoms with E-state index in [0.29, 0.717) is 24.5 Å². The number of aromatic nitrogens is 4. The molecule has 0 bridgehead atoms. The first-order valence-electron chi connectivity index (χ1n) is 6.71. The van der Waals surface area contributed by atoms with Crippen LogP contribution in [-0.4, -0.2) is 33.3 Å². The minimum Gasteiger partial charge on any atom is -0.368 e. The molecule has 20 heavy (non-hydrogen) atoms. The van der Waals surface area contributed by atoms with Crippen LogP contribution >= 0.6 is 0 Å². The maximum atomic E-state index is 5.84. The van der Waals surface area contributed by atoms with E-state index in [4.69, 9.17) is 11.5 Å². The van der Waals surface area contributed by atoms with Gasteiger partial charge in [0, 0.05) is 31.3 Å². The molecule has 1 aliphatic carbocycles. The summed E-state index contributed by atoms with van der Waals surface area (Å²) in [5.74, 6) is 1.55. The van der Waals surface area contributed by atoms with E-state index in [9.17, 15) is 0 Å². The number of nitrogen functional groups attached to an aromatic ring is 1. The number of nitrogens with two attached hydrogens (primary N) is 2. The number of hydrogen-bond donors (Lipinski definition) is 3. The molecule has 0 amide bonds. The fourth-order valence-corrected chi connectivity index (χ4v) is 2.49. The van der Waals surface area contributed by atoms with Crippen LogP contribution in [0.2, 0.25) is 0 Å². The molecular weight excluding hydrogens is 254 g/mol. The number of nitrogens with one attached hydrogen (secondary N) is 1. The monoisotopic (exact) mass is 273 g/mol. The fourth-order valence-electron chi connectivity index (χ4n) is 2.49. The number of hydrogen-bond acceptors (Lipinski definition) is 6. The van der Waals surface area contributed by atoms with Gasteiger partial charge in [0.25, 0.3) is 0 Å². The van der Waals surface area contributed by atoms with Gasteiger partial charge in [0.15, 0.2) is 0 Å². The third kappa shape index (κ3) is 2.57. The van der Waals surface area contributed by atoms with Crippen molar-refractivity contribution in [1.29, 1.82) is 0 Å². The van der Waals surface area contributed by atoms with Gasteiger partial charge in [0.2, 0.25) is 5.95 Å². The summed E-state index contributed by atoms with van der Waals surface area (Å²) < 4.78 is 0. The molecule has 0 aromatic carbocycles. The lowest BCUT2D eigenvalue weighted by Gasteiger charge is -2.32. The van der Waals surface area contributed by atoms with Gasteiger partial charge in [0.1, 0.15) is 5.82 Å². The van der Waals surface area contributed by atoms with Crippen LogP contribution in [0.25, 0.3) is 0 Å². The maximum absolute atomic E-state index is 5.84. The number of anilines is 2. The van der Waals surface area contributed by atoms with Gasteiger partial charge in [0.05, 0.1) is 17.9 Å². The van der Waals surface area contributed by atoms with Gasteiger partial charge >= 0.3 is 0 Å². The molecule has 5 N–H and O–H groups in total. The van der Waals surface area contributed by atoms with Gasteiger partial charge in [-0.2, -0.15) is 10.1 Å². The first-order valence-corrected chi connectivity index (χ1v) is 6.71. The van der Waals surface area contributed by atoms with Gasteiger partial charge in [-0.15, -0.1) is 0 Å².